The van der Waals surface area contributed by atoms with Gasteiger partial charge in [-0.05, 0) is 30.3 Å². The van der Waals surface area contributed by atoms with E-state index in [9.17, 15) is 14.4 Å². The summed E-state index contributed by atoms with van der Waals surface area (Å²) in [5, 5.41) is 2.71. The maximum atomic E-state index is 12.4. The van der Waals surface area contributed by atoms with Gasteiger partial charge in [-0.3, -0.25) is 19.3 Å². The Morgan fingerprint density at radius 1 is 1.04 bits per heavy atom. The molecule has 6 heteroatoms. The number of carbonyl (C=O) groups is 3. The summed E-state index contributed by atoms with van der Waals surface area (Å²) in [6.07, 6.45) is 0. The van der Waals surface area contributed by atoms with Crippen molar-refractivity contribution in [2.75, 3.05) is 19.5 Å². The fourth-order valence-electron chi connectivity index (χ4n) is 2.47. The number of imide groups is 1. The molecule has 0 saturated heterocycles. The largest absolute Gasteiger partial charge is 0.496 e. The molecule has 23 heavy (non-hydrogen) atoms. The predicted octanol–water partition coefficient (Wildman–Crippen LogP) is 2.17. The predicted molar refractivity (Wildman–Crippen MR) is 83.8 cm³/mol. The number of benzene rings is 2. The Balaban J connectivity index is 1.89. The Labute approximate surface area is 132 Å². The summed E-state index contributed by atoms with van der Waals surface area (Å²) in [4.78, 5) is 37.2. The average molecular weight is 310 g/mol. The number of para-hydroxylation sites is 1. The summed E-state index contributed by atoms with van der Waals surface area (Å²) in [7, 11) is 2.92. The van der Waals surface area contributed by atoms with Crippen molar-refractivity contribution in [1.82, 2.24) is 4.90 Å². The third kappa shape index (κ3) is 2.44. The lowest BCUT2D eigenvalue weighted by Gasteiger charge is -2.09. The molecule has 0 aromatic heterocycles. The fourth-order valence-corrected chi connectivity index (χ4v) is 2.47. The molecule has 1 aliphatic rings. The lowest BCUT2D eigenvalue weighted by Crippen LogP contribution is -2.24. The second-order valence-corrected chi connectivity index (χ2v) is 5.08. The summed E-state index contributed by atoms with van der Waals surface area (Å²) < 4.78 is 5.16. The van der Waals surface area contributed by atoms with Crippen molar-refractivity contribution in [3.05, 3.63) is 59.2 Å². The van der Waals surface area contributed by atoms with Gasteiger partial charge in [0, 0.05) is 12.7 Å². The Bertz CT molecular complexity index is 829. The summed E-state index contributed by atoms with van der Waals surface area (Å²) in [6.45, 7) is 0. The number of carbonyl (C=O) groups excluding carboxylic acids is 3. The Morgan fingerprint density at radius 2 is 1.74 bits per heavy atom. The van der Waals surface area contributed by atoms with Crippen LogP contribution in [-0.4, -0.2) is 36.8 Å². The van der Waals surface area contributed by atoms with Crippen LogP contribution in [0, 0.1) is 0 Å². The molecule has 1 aliphatic heterocycles. The molecule has 0 bridgehead atoms. The Hall–Kier alpha value is -3.15. The molecule has 6 nitrogen and oxygen atoms in total. The van der Waals surface area contributed by atoms with Crippen molar-refractivity contribution in [2.45, 2.75) is 0 Å². The molecule has 1 heterocycles. The SMILES string of the molecule is COc1ccccc1C(=O)Nc1ccc2c(c1)C(=O)N(C)C2=O. The summed E-state index contributed by atoms with van der Waals surface area (Å²) >= 11 is 0. The van der Waals surface area contributed by atoms with E-state index in [4.69, 9.17) is 4.74 Å². The summed E-state index contributed by atoms with van der Waals surface area (Å²) in [6, 6.07) is 11.5. The van der Waals surface area contributed by atoms with Gasteiger partial charge in [0.1, 0.15) is 5.75 Å². The van der Waals surface area contributed by atoms with Gasteiger partial charge in [-0.15, -0.1) is 0 Å². The van der Waals surface area contributed by atoms with Gasteiger partial charge in [-0.1, -0.05) is 12.1 Å². The number of amides is 3. The molecular weight excluding hydrogens is 296 g/mol. The van der Waals surface area contributed by atoms with Gasteiger partial charge in [0.2, 0.25) is 0 Å². The second kappa shape index (κ2) is 5.57. The van der Waals surface area contributed by atoms with Crippen LogP contribution in [0.1, 0.15) is 31.1 Å². The number of ether oxygens (including phenoxy) is 1. The maximum absolute atomic E-state index is 12.4. The highest BCUT2D eigenvalue weighted by Gasteiger charge is 2.32. The van der Waals surface area contributed by atoms with Crippen LogP contribution in [0.5, 0.6) is 5.75 Å². The molecule has 3 amide bonds. The van der Waals surface area contributed by atoms with Gasteiger partial charge in [-0.25, -0.2) is 0 Å². The molecule has 2 aromatic carbocycles. The highest BCUT2D eigenvalue weighted by Crippen LogP contribution is 2.25. The standard InChI is InChI=1S/C17H14N2O4/c1-19-16(21)11-8-7-10(9-13(11)17(19)22)18-15(20)12-5-3-4-6-14(12)23-2/h3-9H,1-2H3,(H,18,20). The number of anilines is 1. The van der Waals surface area contributed by atoms with Crippen molar-refractivity contribution >= 4 is 23.4 Å². The van der Waals surface area contributed by atoms with Crippen LogP contribution >= 0.6 is 0 Å². The maximum Gasteiger partial charge on any atom is 0.261 e. The molecule has 0 radical (unpaired) electrons. The number of nitrogens with one attached hydrogen (secondary N) is 1. The van der Waals surface area contributed by atoms with Crippen LogP contribution in [0.2, 0.25) is 0 Å². The lowest BCUT2D eigenvalue weighted by molar-refractivity contribution is 0.0692. The number of nitrogens with zero attached hydrogens (tertiary/aromatic N) is 1. The topological polar surface area (TPSA) is 75.7 Å². The number of hydrogen-bond donors (Lipinski definition) is 1. The van der Waals surface area contributed by atoms with Crippen LogP contribution < -0.4 is 10.1 Å². The van der Waals surface area contributed by atoms with Crippen LogP contribution in [0.3, 0.4) is 0 Å². The molecular formula is C17H14N2O4. The molecule has 0 aliphatic carbocycles. The molecule has 0 fully saturated rings. The summed E-state index contributed by atoms with van der Waals surface area (Å²) in [5.41, 5.74) is 1.45. The van der Waals surface area contributed by atoms with Gasteiger partial charge in [0.05, 0.1) is 23.8 Å². The van der Waals surface area contributed by atoms with E-state index < -0.39 is 0 Å². The van der Waals surface area contributed by atoms with E-state index >= 15 is 0 Å². The van der Waals surface area contributed by atoms with Gasteiger partial charge in [-0.2, -0.15) is 0 Å². The monoisotopic (exact) mass is 310 g/mol. The third-order valence-corrected chi connectivity index (χ3v) is 3.70. The van der Waals surface area contributed by atoms with Gasteiger partial charge < -0.3 is 10.1 Å². The van der Waals surface area contributed by atoms with Crippen molar-refractivity contribution in [3.8, 4) is 5.75 Å². The van der Waals surface area contributed by atoms with E-state index in [0.29, 0.717) is 22.6 Å². The molecule has 0 saturated carbocycles. The first kappa shape index (κ1) is 14.8. The highest BCUT2D eigenvalue weighted by atomic mass is 16.5. The van der Waals surface area contributed by atoms with E-state index in [0.717, 1.165) is 4.90 Å². The number of rotatable bonds is 3. The molecule has 0 unspecified atom stereocenters. The zero-order valence-electron chi connectivity index (χ0n) is 12.6. The smallest absolute Gasteiger partial charge is 0.261 e. The van der Waals surface area contributed by atoms with E-state index in [1.165, 1.54) is 26.3 Å². The fraction of sp³-hybridized carbons (Fsp3) is 0.118. The molecule has 0 atom stereocenters. The van der Waals surface area contributed by atoms with E-state index in [1.54, 1.807) is 30.3 Å². The van der Waals surface area contributed by atoms with Gasteiger partial charge >= 0.3 is 0 Å². The second-order valence-electron chi connectivity index (χ2n) is 5.08. The van der Waals surface area contributed by atoms with Crippen molar-refractivity contribution < 1.29 is 19.1 Å². The zero-order valence-corrected chi connectivity index (χ0v) is 12.6. The first-order valence-corrected chi connectivity index (χ1v) is 6.93. The third-order valence-electron chi connectivity index (χ3n) is 3.70. The van der Waals surface area contributed by atoms with Crippen LogP contribution in [0.25, 0.3) is 0 Å². The Morgan fingerprint density at radius 3 is 2.48 bits per heavy atom. The van der Waals surface area contributed by atoms with E-state index in [-0.39, 0.29) is 23.3 Å². The van der Waals surface area contributed by atoms with E-state index in [1.807, 2.05) is 0 Å². The van der Waals surface area contributed by atoms with Crippen molar-refractivity contribution in [2.24, 2.45) is 0 Å². The first-order chi connectivity index (χ1) is 11.0. The molecule has 1 N–H and O–H groups in total. The molecule has 3 rings (SSSR count). The van der Waals surface area contributed by atoms with Crippen LogP contribution in [-0.2, 0) is 0 Å². The van der Waals surface area contributed by atoms with Gasteiger partial charge in [0.25, 0.3) is 17.7 Å². The Kier molecular flexibility index (Phi) is 3.57. The highest BCUT2D eigenvalue weighted by molar-refractivity contribution is 6.21. The quantitative estimate of drug-likeness (QED) is 0.882. The van der Waals surface area contributed by atoms with Crippen molar-refractivity contribution in [3.63, 3.8) is 0 Å². The van der Waals surface area contributed by atoms with Crippen LogP contribution in [0.15, 0.2) is 42.5 Å². The minimum absolute atomic E-state index is 0.287. The summed E-state index contributed by atoms with van der Waals surface area (Å²) in [5.74, 6) is -0.615. The van der Waals surface area contributed by atoms with Crippen molar-refractivity contribution in [1.29, 1.82) is 0 Å². The average Bonchev–Trinajstić information content (AvgIpc) is 2.79. The minimum Gasteiger partial charge on any atom is -0.496 e. The lowest BCUT2D eigenvalue weighted by atomic mass is 10.1. The number of methoxy groups -OCH3 is 1. The van der Waals surface area contributed by atoms with Gasteiger partial charge in [0.15, 0.2) is 0 Å². The van der Waals surface area contributed by atoms with Crippen LogP contribution in [0.4, 0.5) is 5.69 Å². The molecule has 0 spiro atoms. The molecule has 2 aromatic rings. The zero-order chi connectivity index (χ0) is 16.6. The van der Waals surface area contributed by atoms with E-state index in [2.05, 4.69) is 5.32 Å². The molecule has 116 valence electrons. The number of fused-ring (bicyclic) bond motifs is 1. The first-order valence-electron chi connectivity index (χ1n) is 6.93. The minimum atomic E-state index is -0.376. The number of hydrogen-bond acceptors (Lipinski definition) is 4. The normalized spacial score (nSPS) is 13.0.